The largest absolute Gasteiger partial charge is 0.465 e. The number of alkyl halides is 3. The Morgan fingerprint density at radius 3 is 2.71 bits per heavy atom. The summed E-state index contributed by atoms with van der Waals surface area (Å²) in [6, 6.07) is 4.94. The fourth-order valence-electron chi connectivity index (χ4n) is 1.74. The summed E-state index contributed by atoms with van der Waals surface area (Å²) in [4.78, 5) is 11.2. The van der Waals surface area contributed by atoms with Gasteiger partial charge in [-0.2, -0.15) is 13.2 Å². The lowest BCUT2D eigenvalue weighted by Crippen LogP contribution is -2.20. The average Bonchev–Trinajstić information content (AvgIpc) is 2.43. The molecular formula is C14H18F3NO2S. The normalized spacial score (nSPS) is 13.0. The molecule has 1 unspecified atom stereocenters. The van der Waals surface area contributed by atoms with Gasteiger partial charge in [0.15, 0.2) is 0 Å². The van der Waals surface area contributed by atoms with Crippen molar-refractivity contribution in [3.05, 3.63) is 35.4 Å². The van der Waals surface area contributed by atoms with Crippen molar-refractivity contribution in [2.24, 2.45) is 0 Å². The van der Waals surface area contributed by atoms with Gasteiger partial charge in [0, 0.05) is 11.8 Å². The van der Waals surface area contributed by atoms with Gasteiger partial charge in [-0.3, -0.25) is 4.79 Å². The van der Waals surface area contributed by atoms with E-state index in [4.69, 9.17) is 4.74 Å². The summed E-state index contributed by atoms with van der Waals surface area (Å²) < 4.78 is 42.9. The highest BCUT2D eigenvalue weighted by Crippen LogP contribution is 2.31. The fourth-order valence-corrected chi connectivity index (χ4v) is 2.70. The highest BCUT2D eigenvalue weighted by Gasteiger charge is 2.30. The van der Waals surface area contributed by atoms with Crippen LogP contribution in [0.4, 0.5) is 13.2 Å². The molecule has 0 radical (unpaired) electrons. The predicted molar refractivity (Wildman–Crippen MR) is 77.2 cm³/mol. The van der Waals surface area contributed by atoms with Crippen molar-refractivity contribution in [1.29, 1.82) is 0 Å². The molecule has 7 heteroatoms. The van der Waals surface area contributed by atoms with Crippen LogP contribution in [-0.4, -0.2) is 31.1 Å². The predicted octanol–water partition coefficient (Wildman–Crippen LogP) is 3.26. The minimum Gasteiger partial charge on any atom is -0.465 e. The topological polar surface area (TPSA) is 38.3 Å². The van der Waals surface area contributed by atoms with Crippen LogP contribution in [0.2, 0.25) is 0 Å². The Hall–Kier alpha value is -1.21. The number of carbonyl (C=O) groups is 1. The van der Waals surface area contributed by atoms with E-state index in [0.29, 0.717) is 17.9 Å². The van der Waals surface area contributed by atoms with Crippen molar-refractivity contribution in [2.45, 2.75) is 19.1 Å². The van der Waals surface area contributed by atoms with Crippen molar-refractivity contribution in [1.82, 2.24) is 5.32 Å². The molecule has 0 aliphatic rings. The van der Waals surface area contributed by atoms with Crippen LogP contribution in [0.5, 0.6) is 0 Å². The molecular weight excluding hydrogens is 303 g/mol. The molecule has 1 N–H and O–H groups in total. The average molecular weight is 321 g/mol. The number of carbonyl (C=O) groups excluding carboxylic acids is 1. The summed E-state index contributed by atoms with van der Waals surface area (Å²) in [5, 5.41) is 2.96. The maximum atomic E-state index is 12.7. The third-order valence-electron chi connectivity index (χ3n) is 2.77. The number of halogens is 3. The zero-order chi connectivity index (χ0) is 15.9. The molecule has 0 saturated carbocycles. The summed E-state index contributed by atoms with van der Waals surface area (Å²) in [6.45, 7) is 2.05. The van der Waals surface area contributed by atoms with Crippen molar-refractivity contribution in [3.63, 3.8) is 0 Å². The highest BCUT2D eigenvalue weighted by atomic mass is 32.2. The second kappa shape index (κ2) is 8.29. The number of hydrogen-bond acceptors (Lipinski definition) is 4. The zero-order valence-corrected chi connectivity index (χ0v) is 12.7. The molecule has 1 aromatic rings. The Morgan fingerprint density at radius 1 is 1.43 bits per heavy atom. The Balaban J connectivity index is 2.66. The van der Waals surface area contributed by atoms with Crippen LogP contribution >= 0.6 is 11.8 Å². The number of hydrogen-bond donors (Lipinski definition) is 1. The van der Waals surface area contributed by atoms with Crippen LogP contribution < -0.4 is 5.32 Å². The van der Waals surface area contributed by atoms with Gasteiger partial charge in [0.1, 0.15) is 0 Å². The van der Waals surface area contributed by atoms with Gasteiger partial charge in [0.2, 0.25) is 0 Å². The van der Waals surface area contributed by atoms with Crippen molar-refractivity contribution < 1.29 is 22.7 Å². The summed E-state index contributed by atoms with van der Waals surface area (Å²) in [6.07, 6.45) is -4.35. The molecule has 0 bridgehead atoms. The lowest BCUT2D eigenvalue weighted by Gasteiger charge is -2.17. The molecule has 0 saturated heterocycles. The molecule has 118 valence electrons. The Bertz CT molecular complexity index is 466. The summed E-state index contributed by atoms with van der Waals surface area (Å²) >= 11 is 1.32. The lowest BCUT2D eigenvalue weighted by atomic mass is 10.1. The monoisotopic (exact) mass is 321 g/mol. The van der Waals surface area contributed by atoms with Gasteiger partial charge in [-0.15, -0.1) is 11.8 Å². The zero-order valence-electron chi connectivity index (χ0n) is 11.9. The van der Waals surface area contributed by atoms with E-state index in [1.165, 1.54) is 17.8 Å². The van der Waals surface area contributed by atoms with Crippen LogP contribution in [0, 0.1) is 0 Å². The van der Waals surface area contributed by atoms with E-state index >= 15 is 0 Å². The number of esters is 1. The molecule has 0 amide bonds. The first-order valence-corrected chi connectivity index (χ1v) is 7.61. The Labute approximate surface area is 126 Å². The third-order valence-corrected chi connectivity index (χ3v) is 3.78. The smallest absolute Gasteiger partial charge is 0.416 e. The SMILES string of the molecule is CCOC(=O)CSCC(NC)c1cccc(C(F)(F)F)c1. The molecule has 3 nitrogen and oxygen atoms in total. The Kier molecular flexibility index (Phi) is 7.04. The molecule has 0 fully saturated rings. The summed E-state index contributed by atoms with van der Waals surface area (Å²) in [7, 11) is 1.68. The highest BCUT2D eigenvalue weighted by molar-refractivity contribution is 7.99. The van der Waals surface area contributed by atoms with Gasteiger partial charge in [0.05, 0.1) is 17.9 Å². The van der Waals surface area contributed by atoms with Gasteiger partial charge < -0.3 is 10.1 Å². The molecule has 0 aliphatic carbocycles. The maximum Gasteiger partial charge on any atom is 0.416 e. The first kappa shape index (κ1) is 17.8. The van der Waals surface area contributed by atoms with Gasteiger partial charge >= 0.3 is 12.1 Å². The standard InChI is InChI=1S/C14H18F3NO2S/c1-3-20-13(19)9-21-8-12(18-2)10-5-4-6-11(7-10)14(15,16)17/h4-7,12,18H,3,8-9H2,1-2H3. The van der Waals surface area contributed by atoms with Gasteiger partial charge in [0.25, 0.3) is 0 Å². The first-order chi connectivity index (χ1) is 9.88. The van der Waals surface area contributed by atoms with E-state index in [2.05, 4.69) is 5.32 Å². The van der Waals surface area contributed by atoms with Crippen LogP contribution in [0.15, 0.2) is 24.3 Å². The van der Waals surface area contributed by atoms with E-state index < -0.39 is 11.7 Å². The van der Waals surface area contributed by atoms with Gasteiger partial charge in [-0.1, -0.05) is 12.1 Å². The molecule has 0 aliphatic heterocycles. The minimum absolute atomic E-state index is 0.185. The molecule has 0 aromatic heterocycles. The van der Waals surface area contributed by atoms with Crippen molar-refractivity contribution in [2.75, 3.05) is 25.2 Å². The molecule has 1 rings (SSSR count). The second-order valence-corrected chi connectivity index (χ2v) is 5.31. The Morgan fingerprint density at radius 2 is 2.14 bits per heavy atom. The van der Waals surface area contributed by atoms with Crippen molar-refractivity contribution >= 4 is 17.7 Å². The number of benzene rings is 1. The first-order valence-electron chi connectivity index (χ1n) is 6.46. The minimum atomic E-state index is -4.35. The maximum absolute atomic E-state index is 12.7. The van der Waals surface area contributed by atoms with Gasteiger partial charge in [-0.25, -0.2) is 0 Å². The van der Waals surface area contributed by atoms with E-state index in [0.717, 1.165) is 12.1 Å². The van der Waals surface area contributed by atoms with Gasteiger partial charge in [-0.05, 0) is 31.7 Å². The number of thioether (sulfide) groups is 1. The van der Waals surface area contributed by atoms with Crippen LogP contribution in [0.3, 0.4) is 0 Å². The molecule has 0 heterocycles. The van der Waals surface area contributed by atoms with Crippen molar-refractivity contribution in [3.8, 4) is 0 Å². The molecule has 21 heavy (non-hydrogen) atoms. The van der Waals surface area contributed by atoms with Crippen LogP contribution in [-0.2, 0) is 15.7 Å². The molecule has 0 spiro atoms. The number of nitrogens with one attached hydrogen (secondary N) is 1. The lowest BCUT2D eigenvalue weighted by molar-refractivity contribution is -0.140. The van der Waals surface area contributed by atoms with E-state index in [1.54, 1.807) is 20.0 Å². The van der Waals surface area contributed by atoms with E-state index in [-0.39, 0.29) is 17.8 Å². The summed E-state index contributed by atoms with van der Waals surface area (Å²) in [5.41, 5.74) is -0.126. The van der Waals surface area contributed by atoms with E-state index in [9.17, 15) is 18.0 Å². The molecule has 1 aromatic carbocycles. The number of rotatable bonds is 7. The quantitative estimate of drug-likeness (QED) is 0.782. The van der Waals surface area contributed by atoms with Crippen LogP contribution in [0.1, 0.15) is 24.1 Å². The fraction of sp³-hybridized carbons (Fsp3) is 0.500. The van der Waals surface area contributed by atoms with E-state index in [1.807, 2.05) is 0 Å². The third kappa shape index (κ3) is 5.97. The molecule has 1 atom stereocenters. The number of ether oxygens (including phenoxy) is 1. The summed E-state index contributed by atoms with van der Waals surface area (Å²) in [5.74, 6) is 0.350. The second-order valence-electron chi connectivity index (χ2n) is 4.28. The van der Waals surface area contributed by atoms with Crippen LogP contribution in [0.25, 0.3) is 0 Å².